The zero-order valence-electron chi connectivity index (χ0n) is 7.15. The normalized spacial score (nSPS) is 15.5. The fourth-order valence-corrected chi connectivity index (χ4v) is 1.63. The minimum Gasteiger partial charge on any atom is -0.327 e. The molecular formula is C9H10Cl2FN. The van der Waals surface area contributed by atoms with Crippen LogP contribution < -0.4 is 5.73 Å². The van der Waals surface area contributed by atoms with Gasteiger partial charge in [0.1, 0.15) is 5.67 Å². The molecule has 0 spiro atoms. The molecule has 0 aliphatic rings. The van der Waals surface area contributed by atoms with Crippen molar-refractivity contribution in [3.8, 4) is 0 Å². The van der Waals surface area contributed by atoms with E-state index in [4.69, 9.17) is 28.9 Å². The lowest BCUT2D eigenvalue weighted by Crippen LogP contribution is -2.26. The highest BCUT2D eigenvalue weighted by Crippen LogP contribution is 2.32. The smallest absolute Gasteiger partial charge is 0.146 e. The predicted octanol–water partition coefficient (Wildman–Crippen LogP) is 3.14. The van der Waals surface area contributed by atoms with Gasteiger partial charge in [0.05, 0.1) is 0 Å². The summed E-state index contributed by atoms with van der Waals surface area (Å²) >= 11 is 11.5. The Morgan fingerprint density at radius 3 is 2.54 bits per heavy atom. The molecule has 2 N–H and O–H groups in total. The van der Waals surface area contributed by atoms with E-state index in [2.05, 4.69) is 0 Å². The highest BCUT2D eigenvalue weighted by Gasteiger charge is 2.26. The van der Waals surface area contributed by atoms with Crippen molar-refractivity contribution >= 4 is 23.2 Å². The Morgan fingerprint density at radius 2 is 2.08 bits per heavy atom. The SMILES string of the molecule is C[C@@](F)(CN)c1ccc(Cl)cc1Cl. The van der Waals surface area contributed by atoms with Gasteiger partial charge >= 0.3 is 0 Å². The number of benzene rings is 1. The molecule has 0 saturated carbocycles. The summed E-state index contributed by atoms with van der Waals surface area (Å²) in [6.45, 7) is 1.29. The summed E-state index contributed by atoms with van der Waals surface area (Å²) in [6, 6.07) is 4.65. The van der Waals surface area contributed by atoms with Crippen LogP contribution in [0.2, 0.25) is 10.0 Å². The molecule has 0 radical (unpaired) electrons. The van der Waals surface area contributed by atoms with E-state index in [1.54, 1.807) is 12.1 Å². The van der Waals surface area contributed by atoms with Gasteiger partial charge in [-0.15, -0.1) is 0 Å². The van der Waals surface area contributed by atoms with Gasteiger partial charge in [-0.2, -0.15) is 0 Å². The Balaban J connectivity index is 3.16. The van der Waals surface area contributed by atoms with Gasteiger partial charge in [-0.05, 0) is 19.1 Å². The Bertz CT molecular complexity index is 312. The molecule has 0 amide bonds. The molecule has 0 fully saturated rings. The van der Waals surface area contributed by atoms with Crippen LogP contribution in [0.3, 0.4) is 0 Å². The molecule has 0 bridgehead atoms. The van der Waals surface area contributed by atoms with Crippen molar-refractivity contribution in [2.75, 3.05) is 6.54 Å². The fourth-order valence-electron chi connectivity index (χ4n) is 1.02. The second-order valence-electron chi connectivity index (χ2n) is 3.03. The second kappa shape index (κ2) is 3.82. The van der Waals surface area contributed by atoms with E-state index >= 15 is 0 Å². The summed E-state index contributed by atoms with van der Waals surface area (Å²) in [5.41, 5.74) is 4.06. The third-order valence-corrected chi connectivity index (χ3v) is 2.42. The van der Waals surface area contributed by atoms with E-state index in [0.717, 1.165) is 0 Å². The first-order valence-electron chi connectivity index (χ1n) is 3.82. The van der Waals surface area contributed by atoms with Crippen LogP contribution in [-0.4, -0.2) is 6.54 Å². The monoisotopic (exact) mass is 221 g/mol. The van der Waals surface area contributed by atoms with E-state index in [-0.39, 0.29) is 6.54 Å². The van der Waals surface area contributed by atoms with Crippen LogP contribution in [0.1, 0.15) is 12.5 Å². The molecule has 1 rings (SSSR count). The van der Waals surface area contributed by atoms with Crippen LogP contribution in [0.4, 0.5) is 4.39 Å². The molecule has 1 aromatic carbocycles. The first-order valence-corrected chi connectivity index (χ1v) is 4.57. The number of hydrogen-bond acceptors (Lipinski definition) is 1. The van der Waals surface area contributed by atoms with E-state index in [0.29, 0.717) is 15.6 Å². The van der Waals surface area contributed by atoms with Crippen LogP contribution in [-0.2, 0) is 5.67 Å². The molecule has 0 aliphatic carbocycles. The average molecular weight is 222 g/mol. The van der Waals surface area contributed by atoms with E-state index in [1.165, 1.54) is 13.0 Å². The first kappa shape index (κ1) is 10.8. The summed E-state index contributed by atoms with van der Waals surface area (Å²) < 4.78 is 13.7. The van der Waals surface area contributed by atoms with Crippen molar-refractivity contribution in [1.82, 2.24) is 0 Å². The largest absolute Gasteiger partial charge is 0.327 e. The molecule has 0 aliphatic heterocycles. The van der Waals surface area contributed by atoms with Crippen molar-refractivity contribution < 1.29 is 4.39 Å². The molecule has 0 saturated heterocycles. The van der Waals surface area contributed by atoms with Crippen molar-refractivity contribution in [2.45, 2.75) is 12.6 Å². The zero-order chi connectivity index (χ0) is 10.1. The molecule has 13 heavy (non-hydrogen) atoms. The molecule has 1 aromatic rings. The fraction of sp³-hybridized carbons (Fsp3) is 0.333. The minimum absolute atomic E-state index is 0.103. The zero-order valence-corrected chi connectivity index (χ0v) is 8.66. The number of alkyl halides is 1. The van der Waals surface area contributed by atoms with Gasteiger partial charge in [0.15, 0.2) is 0 Å². The third-order valence-electron chi connectivity index (χ3n) is 1.88. The molecule has 0 unspecified atom stereocenters. The summed E-state index contributed by atoms with van der Waals surface area (Å²) in [7, 11) is 0. The van der Waals surface area contributed by atoms with E-state index in [1.807, 2.05) is 0 Å². The minimum atomic E-state index is -1.60. The summed E-state index contributed by atoms with van der Waals surface area (Å²) in [5.74, 6) is 0. The van der Waals surface area contributed by atoms with Gasteiger partial charge in [0.2, 0.25) is 0 Å². The van der Waals surface area contributed by atoms with Crippen molar-refractivity contribution in [3.05, 3.63) is 33.8 Å². The summed E-state index contributed by atoms with van der Waals surface area (Å²) in [5, 5.41) is 0.796. The topological polar surface area (TPSA) is 26.0 Å². The summed E-state index contributed by atoms with van der Waals surface area (Å²) in [4.78, 5) is 0. The number of nitrogens with two attached hydrogens (primary N) is 1. The molecule has 4 heteroatoms. The Labute approximate surface area is 86.6 Å². The average Bonchev–Trinajstić information content (AvgIpc) is 2.03. The van der Waals surface area contributed by atoms with Crippen LogP contribution in [0.15, 0.2) is 18.2 Å². The lowest BCUT2D eigenvalue weighted by atomic mass is 9.98. The first-order chi connectivity index (χ1) is 5.97. The van der Waals surface area contributed by atoms with Crippen LogP contribution >= 0.6 is 23.2 Å². The van der Waals surface area contributed by atoms with Gasteiger partial charge in [-0.1, -0.05) is 29.3 Å². The van der Waals surface area contributed by atoms with Crippen LogP contribution in [0.5, 0.6) is 0 Å². The number of hydrogen-bond donors (Lipinski definition) is 1. The lowest BCUT2D eigenvalue weighted by Gasteiger charge is -2.19. The van der Waals surface area contributed by atoms with Crippen molar-refractivity contribution in [3.63, 3.8) is 0 Å². The maximum absolute atomic E-state index is 13.7. The van der Waals surface area contributed by atoms with Gasteiger partial charge in [0.25, 0.3) is 0 Å². The number of halogens is 3. The lowest BCUT2D eigenvalue weighted by molar-refractivity contribution is 0.203. The summed E-state index contributed by atoms with van der Waals surface area (Å²) in [6.07, 6.45) is 0. The maximum atomic E-state index is 13.7. The van der Waals surface area contributed by atoms with Gasteiger partial charge < -0.3 is 5.73 Å². The second-order valence-corrected chi connectivity index (χ2v) is 3.87. The standard InChI is InChI=1S/C9H10Cl2FN/c1-9(12,5-13)7-3-2-6(10)4-8(7)11/h2-4H,5,13H2,1H3/t9-/m1/s1. The molecule has 1 atom stereocenters. The molecule has 72 valence electrons. The molecule has 1 nitrogen and oxygen atoms in total. The number of rotatable bonds is 2. The van der Waals surface area contributed by atoms with E-state index in [9.17, 15) is 4.39 Å². The Morgan fingerprint density at radius 1 is 1.46 bits per heavy atom. The van der Waals surface area contributed by atoms with Gasteiger partial charge in [-0.3, -0.25) is 0 Å². The predicted molar refractivity (Wildman–Crippen MR) is 54.0 cm³/mol. The van der Waals surface area contributed by atoms with E-state index < -0.39 is 5.67 Å². The van der Waals surface area contributed by atoms with Crippen LogP contribution in [0, 0.1) is 0 Å². The van der Waals surface area contributed by atoms with Gasteiger partial charge in [0, 0.05) is 22.2 Å². The van der Waals surface area contributed by atoms with Crippen LogP contribution in [0.25, 0.3) is 0 Å². The van der Waals surface area contributed by atoms with Gasteiger partial charge in [-0.25, -0.2) is 4.39 Å². The Hall–Kier alpha value is -0.310. The molecule has 0 heterocycles. The highest BCUT2D eigenvalue weighted by molar-refractivity contribution is 6.35. The molecule has 0 aromatic heterocycles. The van der Waals surface area contributed by atoms with Crippen molar-refractivity contribution in [2.24, 2.45) is 5.73 Å². The van der Waals surface area contributed by atoms with Crippen molar-refractivity contribution in [1.29, 1.82) is 0 Å². The maximum Gasteiger partial charge on any atom is 0.146 e. The quantitative estimate of drug-likeness (QED) is 0.817. The highest BCUT2D eigenvalue weighted by atomic mass is 35.5. The third kappa shape index (κ3) is 2.33. The molecular weight excluding hydrogens is 212 g/mol. The Kier molecular flexibility index (Phi) is 3.17.